The maximum atomic E-state index is 9.81. The van der Waals surface area contributed by atoms with E-state index in [2.05, 4.69) is 23.2 Å². The van der Waals surface area contributed by atoms with Gasteiger partial charge in [-0.1, -0.05) is 6.08 Å². The number of nitrogens with two attached hydrogens (primary N) is 1. The SMILES string of the molecule is N#CC1=C(N)C(C#N)(C#N)C(c2ccncc2)C2CSCC=C12. The summed E-state index contributed by atoms with van der Waals surface area (Å²) in [7, 11) is 0. The molecule has 2 aliphatic rings. The van der Waals surface area contributed by atoms with Gasteiger partial charge in [0.2, 0.25) is 0 Å². The molecule has 1 aromatic rings. The average Bonchev–Trinajstić information content (AvgIpc) is 2.61. The molecule has 6 heteroatoms. The first-order valence-electron chi connectivity index (χ1n) is 7.10. The number of hydrogen-bond donors (Lipinski definition) is 1. The number of fused-ring (bicyclic) bond motifs is 1. The van der Waals surface area contributed by atoms with E-state index in [-0.39, 0.29) is 11.6 Å². The largest absolute Gasteiger partial charge is 0.399 e. The summed E-state index contributed by atoms with van der Waals surface area (Å²) in [5.74, 6) is 1.07. The lowest BCUT2D eigenvalue weighted by atomic mass is 9.59. The molecule has 23 heavy (non-hydrogen) atoms. The highest BCUT2D eigenvalue weighted by atomic mass is 32.2. The first-order valence-corrected chi connectivity index (χ1v) is 8.26. The van der Waals surface area contributed by atoms with Gasteiger partial charge in [-0.3, -0.25) is 4.98 Å². The van der Waals surface area contributed by atoms with Crippen molar-refractivity contribution in [2.75, 3.05) is 11.5 Å². The van der Waals surface area contributed by atoms with Crippen molar-refractivity contribution in [1.82, 2.24) is 4.98 Å². The Morgan fingerprint density at radius 1 is 1.22 bits per heavy atom. The summed E-state index contributed by atoms with van der Waals surface area (Å²) in [4.78, 5) is 4.01. The minimum atomic E-state index is -1.54. The van der Waals surface area contributed by atoms with Crippen molar-refractivity contribution in [3.05, 3.63) is 53.0 Å². The third kappa shape index (κ3) is 2.10. The maximum Gasteiger partial charge on any atom is 0.191 e. The maximum absolute atomic E-state index is 9.81. The molecule has 1 aromatic heterocycles. The Hall–Kier alpha value is -2.75. The molecular formula is C17H13N5S. The summed E-state index contributed by atoms with van der Waals surface area (Å²) in [6.45, 7) is 0. The van der Waals surface area contributed by atoms with E-state index in [1.54, 1.807) is 24.2 Å². The van der Waals surface area contributed by atoms with E-state index in [0.717, 1.165) is 22.6 Å². The molecule has 1 aliphatic heterocycles. The van der Waals surface area contributed by atoms with Gasteiger partial charge in [0.1, 0.15) is 6.07 Å². The van der Waals surface area contributed by atoms with Gasteiger partial charge in [-0.25, -0.2) is 0 Å². The van der Waals surface area contributed by atoms with Crippen LogP contribution in [0, 0.1) is 45.3 Å². The molecule has 0 spiro atoms. The second kappa shape index (κ2) is 5.80. The summed E-state index contributed by atoms with van der Waals surface area (Å²) in [5.41, 5.74) is 6.72. The number of allylic oxidation sites excluding steroid dienone is 3. The minimum absolute atomic E-state index is 0.0706. The number of rotatable bonds is 1. The van der Waals surface area contributed by atoms with Crippen LogP contribution in [0.3, 0.4) is 0 Å². The van der Waals surface area contributed by atoms with Crippen LogP contribution in [-0.2, 0) is 0 Å². The van der Waals surface area contributed by atoms with Crippen molar-refractivity contribution < 1.29 is 0 Å². The highest BCUT2D eigenvalue weighted by Gasteiger charge is 2.53. The van der Waals surface area contributed by atoms with Crippen molar-refractivity contribution in [1.29, 1.82) is 15.8 Å². The van der Waals surface area contributed by atoms with E-state index in [0.29, 0.717) is 5.57 Å². The van der Waals surface area contributed by atoms with E-state index >= 15 is 0 Å². The summed E-state index contributed by atoms with van der Waals surface area (Å²) >= 11 is 1.73. The molecule has 0 amide bonds. The fourth-order valence-corrected chi connectivity index (χ4v) is 4.49. The van der Waals surface area contributed by atoms with Crippen LogP contribution < -0.4 is 5.73 Å². The Morgan fingerprint density at radius 3 is 2.52 bits per heavy atom. The van der Waals surface area contributed by atoms with Crippen LogP contribution in [0.1, 0.15) is 11.5 Å². The molecule has 1 aliphatic carbocycles. The summed E-state index contributed by atoms with van der Waals surface area (Å²) < 4.78 is 0. The van der Waals surface area contributed by atoms with Crippen LogP contribution in [0.5, 0.6) is 0 Å². The number of nitriles is 3. The molecule has 2 heterocycles. The molecule has 0 bridgehead atoms. The first-order chi connectivity index (χ1) is 11.2. The molecule has 0 aromatic carbocycles. The lowest BCUT2D eigenvalue weighted by Crippen LogP contribution is -2.43. The van der Waals surface area contributed by atoms with E-state index in [4.69, 9.17) is 5.73 Å². The summed E-state index contributed by atoms with van der Waals surface area (Å²) in [5, 5.41) is 29.1. The molecule has 0 fully saturated rings. The number of thioether (sulfide) groups is 1. The first kappa shape index (κ1) is 15.2. The Bertz CT molecular complexity index is 805. The predicted octanol–water partition coefficient (Wildman–Crippen LogP) is 2.24. The van der Waals surface area contributed by atoms with Crippen LogP contribution in [0.25, 0.3) is 0 Å². The van der Waals surface area contributed by atoms with Crippen molar-refractivity contribution in [3.63, 3.8) is 0 Å². The quantitative estimate of drug-likeness (QED) is 0.850. The molecule has 2 unspecified atom stereocenters. The minimum Gasteiger partial charge on any atom is -0.399 e. The van der Waals surface area contributed by atoms with Crippen molar-refractivity contribution >= 4 is 11.8 Å². The Labute approximate surface area is 138 Å². The normalized spacial score (nSPS) is 25.3. The molecule has 3 rings (SSSR count). The number of pyridine rings is 1. The summed E-state index contributed by atoms with van der Waals surface area (Å²) in [6, 6.07) is 9.96. The zero-order valence-corrected chi connectivity index (χ0v) is 13.0. The molecule has 5 nitrogen and oxygen atoms in total. The molecule has 0 radical (unpaired) electrons. The van der Waals surface area contributed by atoms with E-state index in [9.17, 15) is 15.8 Å². The van der Waals surface area contributed by atoms with E-state index < -0.39 is 11.3 Å². The third-order valence-electron chi connectivity index (χ3n) is 4.50. The number of aromatic nitrogens is 1. The van der Waals surface area contributed by atoms with Gasteiger partial charge in [0.25, 0.3) is 0 Å². The van der Waals surface area contributed by atoms with Gasteiger partial charge in [-0.05, 0) is 23.3 Å². The van der Waals surface area contributed by atoms with Gasteiger partial charge >= 0.3 is 0 Å². The number of nitrogens with zero attached hydrogens (tertiary/aromatic N) is 4. The Balaban J connectivity index is 2.33. The van der Waals surface area contributed by atoms with Gasteiger partial charge in [0.15, 0.2) is 5.41 Å². The zero-order valence-electron chi connectivity index (χ0n) is 12.2. The van der Waals surface area contributed by atoms with Crippen molar-refractivity contribution in [2.24, 2.45) is 17.1 Å². The highest BCUT2D eigenvalue weighted by Crippen LogP contribution is 2.54. The van der Waals surface area contributed by atoms with E-state index in [1.165, 1.54) is 0 Å². The van der Waals surface area contributed by atoms with Crippen LogP contribution in [0.2, 0.25) is 0 Å². The second-order valence-electron chi connectivity index (χ2n) is 5.49. The van der Waals surface area contributed by atoms with Gasteiger partial charge in [0, 0.05) is 35.7 Å². The van der Waals surface area contributed by atoms with Crippen LogP contribution in [0.4, 0.5) is 0 Å². The summed E-state index contributed by atoms with van der Waals surface area (Å²) in [6.07, 6.45) is 5.29. The van der Waals surface area contributed by atoms with Gasteiger partial charge in [-0.2, -0.15) is 27.5 Å². The molecule has 2 atom stereocenters. The van der Waals surface area contributed by atoms with Gasteiger partial charge in [0.05, 0.1) is 23.4 Å². The van der Waals surface area contributed by atoms with E-state index in [1.807, 2.05) is 18.2 Å². The van der Waals surface area contributed by atoms with Crippen LogP contribution >= 0.6 is 11.8 Å². The topological polar surface area (TPSA) is 110 Å². The lowest BCUT2D eigenvalue weighted by molar-refractivity contribution is 0.368. The fraction of sp³-hybridized carbons (Fsp3) is 0.294. The van der Waals surface area contributed by atoms with Gasteiger partial charge < -0.3 is 5.73 Å². The highest BCUT2D eigenvalue weighted by molar-refractivity contribution is 7.99. The molecular weight excluding hydrogens is 306 g/mol. The second-order valence-corrected chi connectivity index (χ2v) is 6.57. The standard InChI is InChI=1S/C17H13N5S/c18-7-13-12-3-6-23-8-14(12)15(11-1-4-22-5-2-11)17(9-19,10-20)16(13)21/h1-5,14-15H,6,8,21H2. The average molecular weight is 319 g/mol. The fourth-order valence-electron chi connectivity index (χ4n) is 3.43. The molecule has 2 N–H and O–H groups in total. The Kier molecular flexibility index (Phi) is 3.82. The van der Waals surface area contributed by atoms with Crippen molar-refractivity contribution in [3.8, 4) is 18.2 Å². The number of hydrogen-bond acceptors (Lipinski definition) is 6. The lowest BCUT2D eigenvalue weighted by Gasteiger charge is -2.43. The monoisotopic (exact) mass is 319 g/mol. The van der Waals surface area contributed by atoms with Gasteiger partial charge in [-0.15, -0.1) is 0 Å². The smallest absolute Gasteiger partial charge is 0.191 e. The molecule has 112 valence electrons. The van der Waals surface area contributed by atoms with Crippen LogP contribution in [0.15, 0.2) is 47.4 Å². The molecule has 0 saturated carbocycles. The van der Waals surface area contributed by atoms with Crippen molar-refractivity contribution in [2.45, 2.75) is 5.92 Å². The predicted molar refractivity (Wildman–Crippen MR) is 86.4 cm³/mol. The Morgan fingerprint density at radius 2 is 1.91 bits per heavy atom. The van der Waals surface area contributed by atoms with Crippen LogP contribution in [-0.4, -0.2) is 16.5 Å². The zero-order chi connectivity index (χ0) is 16.4. The third-order valence-corrected chi connectivity index (χ3v) is 5.50. The molecule has 0 saturated heterocycles.